The summed E-state index contributed by atoms with van der Waals surface area (Å²) in [5, 5.41) is 0. The molecule has 0 amide bonds. The molecule has 1 unspecified atom stereocenters. The van der Waals surface area contributed by atoms with E-state index in [1.54, 1.807) is 0 Å². The normalized spacial score (nSPS) is 12.5. The van der Waals surface area contributed by atoms with Gasteiger partial charge >= 0.3 is 17.9 Å². The third kappa shape index (κ3) is 46.2. The van der Waals surface area contributed by atoms with Gasteiger partial charge in [0.15, 0.2) is 6.10 Å². The first-order valence-electron chi connectivity index (χ1n) is 25.3. The summed E-state index contributed by atoms with van der Waals surface area (Å²) in [6.07, 6.45) is 59.1. The van der Waals surface area contributed by atoms with Gasteiger partial charge in [0, 0.05) is 19.3 Å². The minimum atomic E-state index is -0.788. The van der Waals surface area contributed by atoms with Crippen LogP contribution in [0.3, 0.4) is 0 Å². The Kier molecular flexibility index (Phi) is 46.4. The fourth-order valence-electron chi connectivity index (χ4n) is 6.96. The van der Waals surface area contributed by atoms with Crippen molar-refractivity contribution >= 4 is 17.9 Å². The van der Waals surface area contributed by atoms with Crippen molar-refractivity contribution in [2.75, 3.05) is 13.2 Å². The summed E-state index contributed by atoms with van der Waals surface area (Å²) in [6, 6.07) is 0. The molecule has 0 saturated heterocycles. The Hall–Kier alpha value is -2.89. The SMILES string of the molecule is CC/C=C\C/C=C\C/C=C\CCCCCC(=O)OCC(COC(=O)CCCCCCC/C=C\C/C=C\CCCCC)OC(=O)CCCCCCCCCCCCCCCC. The number of hydrogen-bond acceptors (Lipinski definition) is 6. The van der Waals surface area contributed by atoms with E-state index < -0.39 is 6.10 Å². The maximum absolute atomic E-state index is 12.8. The molecule has 0 radical (unpaired) electrons. The molecule has 0 heterocycles. The second-order valence-corrected chi connectivity index (χ2v) is 16.7. The molecule has 0 aliphatic heterocycles. The quantitative estimate of drug-likeness (QED) is 0.0263. The summed E-state index contributed by atoms with van der Waals surface area (Å²) in [7, 11) is 0. The molecule has 6 nitrogen and oxygen atoms in total. The van der Waals surface area contributed by atoms with Crippen LogP contribution >= 0.6 is 0 Å². The van der Waals surface area contributed by atoms with Gasteiger partial charge in [-0.2, -0.15) is 0 Å². The van der Waals surface area contributed by atoms with Gasteiger partial charge in [-0.15, -0.1) is 0 Å². The number of carbonyl (C=O) groups is 3. The molecule has 0 saturated carbocycles. The zero-order valence-electron chi connectivity index (χ0n) is 39.5. The van der Waals surface area contributed by atoms with Gasteiger partial charge in [-0.1, -0.05) is 204 Å². The third-order valence-corrected chi connectivity index (χ3v) is 10.8. The van der Waals surface area contributed by atoms with Crippen LogP contribution in [0.5, 0.6) is 0 Å². The number of allylic oxidation sites excluding steroid dienone is 10. The highest BCUT2D eigenvalue weighted by Gasteiger charge is 2.19. The van der Waals surface area contributed by atoms with Crippen LogP contribution in [0.1, 0.15) is 245 Å². The van der Waals surface area contributed by atoms with E-state index in [1.165, 1.54) is 103 Å². The lowest BCUT2D eigenvalue weighted by Gasteiger charge is -2.18. The molecule has 0 bridgehead atoms. The first-order valence-corrected chi connectivity index (χ1v) is 25.3. The average molecular weight is 839 g/mol. The summed E-state index contributed by atoms with van der Waals surface area (Å²) in [4.78, 5) is 37.9. The van der Waals surface area contributed by atoms with Gasteiger partial charge in [0.1, 0.15) is 13.2 Å². The number of rotatable bonds is 45. The van der Waals surface area contributed by atoms with Gasteiger partial charge in [0.2, 0.25) is 0 Å². The molecule has 0 spiro atoms. The van der Waals surface area contributed by atoms with Gasteiger partial charge in [0.25, 0.3) is 0 Å². The van der Waals surface area contributed by atoms with Crippen LogP contribution in [0.4, 0.5) is 0 Å². The van der Waals surface area contributed by atoms with Crippen LogP contribution in [0.15, 0.2) is 60.8 Å². The molecule has 346 valence electrons. The number of ether oxygens (including phenoxy) is 3. The van der Waals surface area contributed by atoms with Crippen molar-refractivity contribution in [3.8, 4) is 0 Å². The molecule has 0 aromatic rings. The van der Waals surface area contributed by atoms with Crippen LogP contribution in [0.2, 0.25) is 0 Å². The molecule has 60 heavy (non-hydrogen) atoms. The predicted molar refractivity (Wildman–Crippen MR) is 256 cm³/mol. The van der Waals surface area contributed by atoms with Crippen LogP contribution in [0.25, 0.3) is 0 Å². The van der Waals surface area contributed by atoms with E-state index in [-0.39, 0.29) is 31.1 Å². The van der Waals surface area contributed by atoms with Crippen molar-refractivity contribution in [1.82, 2.24) is 0 Å². The van der Waals surface area contributed by atoms with E-state index >= 15 is 0 Å². The maximum atomic E-state index is 12.8. The Bertz CT molecular complexity index is 1100. The van der Waals surface area contributed by atoms with E-state index in [0.29, 0.717) is 19.3 Å². The Morgan fingerprint density at radius 2 is 0.650 bits per heavy atom. The molecule has 0 aromatic carbocycles. The third-order valence-electron chi connectivity index (χ3n) is 10.8. The highest BCUT2D eigenvalue weighted by atomic mass is 16.6. The van der Waals surface area contributed by atoms with Gasteiger partial charge in [-0.05, 0) is 83.5 Å². The summed E-state index contributed by atoms with van der Waals surface area (Å²) >= 11 is 0. The molecule has 0 aromatic heterocycles. The van der Waals surface area contributed by atoms with E-state index in [9.17, 15) is 14.4 Å². The van der Waals surface area contributed by atoms with E-state index in [1.807, 2.05) is 0 Å². The number of carbonyl (C=O) groups excluding carboxylic acids is 3. The van der Waals surface area contributed by atoms with Crippen LogP contribution in [0, 0.1) is 0 Å². The molecule has 0 aliphatic carbocycles. The van der Waals surface area contributed by atoms with Crippen LogP contribution < -0.4 is 0 Å². The summed E-state index contributed by atoms with van der Waals surface area (Å²) in [5.41, 5.74) is 0. The van der Waals surface area contributed by atoms with Crippen molar-refractivity contribution in [2.24, 2.45) is 0 Å². The predicted octanol–water partition coefficient (Wildman–Crippen LogP) is 16.5. The molecule has 1 atom stereocenters. The standard InChI is InChI=1S/C54H94O6/c1-4-7-10-13-16-19-22-25-27-30-32-35-38-41-44-47-53(56)59-50-51(49-58-52(55)46-43-40-37-34-31-28-24-21-18-15-12-9-6-3)60-54(57)48-45-42-39-36-33-29-26-23-20-17-14-11-8-5-2/h9,12,16,18-19,21,25,27-28,31,51H,4-8,10-11,13-15,17,20,22-24,26,29-30,32-50H2,1-3H3/b12-9-,19-16-,21-18-,27-25-,31-28-. The Morgan fingerprint density at radius 1 is 0.350 bits per heavy atom. The van der Waals surface area contributed by atoms with Crippen molar-refractivity contribution in [3.63, 3.8) is 0 Å². The number of esters is 3. The fourth-order valence-corrected chi connectivity index (χ4v) is 6.96. The van der Waals surface area contributed by atoms with Crippen molar-refractivity contribution < 1.29 is 28.6 Å². The minimum absolute atomic E-state index is 0.0895. The molecule has 0 fully saturated rings. The van der Waals surface area contributed by atoms with Crippen molar-refractivity contribution in [3.05, 3.63) is 60.8 Å². The molecule has 0 N–H and O–H groups in total. The zero-order valence-corrected chi connectivity index (χ0v) is 39.5. The first-order chi connectivity index (χ1) is 29.5. The molecular formula is C54H94O6. The summed E-state index contributed by atoms with van der Waals surface area (Å²) < 4.78 is 16.7. The topological polar surface area (TPSA) is 78.9 Å². The van der Waals surface area contributed by atoms with E-state index in [2.05, 4.69) is 81.5 Å². The van der Waals surface area contributed by atoms with E-state index in [4.69, 9.17) is 14.2 Å². The molecular weight excluding hydrogens is 745 g/mol. The molecule has 6 heteroatoms. The monoisotopic (exact) mass is 839 g/mol. The van der Waals surface area contributed by atoms with Crippen LogP contribution in [-0.2, 0) is 28.6 Å². The fraction of sp³-hybridized carbons (Fsp3) is 0.759. The molecule has 0 aliphatic rings. The Morgan fingerprint density at radius 3 is 1.07 bits per heavy atom. The number of hydrogen-bond donors (Lipinski definition) is 0. The van der Waals surface area contributed by atoms with Crippen molar-refractivity contribution in [1.29, 1.82) is 0 Å². The van der Waals surface area contributed by atoms with Gasteiger partial charge < -0.3 is 14.2 Å². The Balaban J connectivity index is 4.43. The highest BCUT2D eigenvalue weighted by Crippen LogP contribution is 2.15. The average Bonchev–Trinajstić information content (AvgIpc) is 3.24. The molecule has 0 rings (SSSR count). The first kappa shape index (κ1) is 57.1. The number of unbranched alkanes of at least 4 members (excludes halogenated alkanes) is 24. The minimum Gasteiger partial charge on any atom is -0.462 e. The van der Waals surface area contributed by atoms with E-state index in [0.717, 1.165) is 103 Å². The lowest BCUT2D eigenvalue weighted by Crippen LogP contribution is -2.30. The zero-order chi connectivity index (χ0) is 43.7. The van der Waals surface area contributed by atoms with Gasteiger partial charge in [-0.25, -0.2) is 0 Å². The van der Waals surface area contributed by atoms with Crippen LogP contribution in [-0.4, -0.2) is 37.2 Å². The summed E-state index contributed by atoms with van der Waals surface area (Å²) in [5.74, 6) is -0.928. The van der Waals surface area contributed by atoms with Gasteiger partial charge in [-0.3, -0.25) is 14.4 Å². The second kappa shape index (κ2) is 48.8. The smallest absolute Gasteiger partial charge is 0.306 e. The maximum Gasteiger partial charge on any atom is 0.306 e. The lowest BCUT2D eigenvalue weighted by molar-refractivity contribution is -0.167. The Labute approximate surface area is 370 Å². The van der Waals surface area contributed by atoms with Gasteiger partial charge in [0.05, 0.1) is 0 Å². The van der Waals surface area contributed by atoms with Crippen molar-refractivity contribution in [2.45, 2.75) is 252 Å². The largest absolute Gasteiger partial charge is 0.462 e. The lowest BCUT2D eigenvalue weighted by atomic mass is 10.0. The highest BCUT2D eigenvalue weighted by molar-refractivity contribution is 5.71. The second-order valence-electron chi connectivity index (χ2n) is 16.7. The summed E-state index contributed by atoms with van der Waals surface area (Å²) in [6.45, 7) is 6.46.